The lowest BCUT2D eigenvalue weighted by atomic mass is 9.78. The molecular formula is C38H18O2. The molecule has 10 rings (SSSR count). The molecule has 2 heteroatoms. The SMILES string of the molecule is O=Cc1cc2c(c3ccccc13)c1ccc3ccc(C=O)c4c5ccc6ccc7cccc8c7c6c5c(c28)c1c34. The molecule has 0 aliphatic heterocycles. The normalized spacial score (nSPS) is 12.7. The van der Waals surface area contributed by atoms with Gasteiger partial charge in [0.1, 0.15) is 0 Å². The van der Waals surface area contributed by atoms with Crippen molar-refractivity contribution in [3.05, 3.63) is 108 Å². The molecule has 0 N–H and O–H groups in total. The van der Waals surface area contributed by atoms with E-state index < -0.39 is 0 Å². The van der Waals surface area contributed by atoms with Gasteiger partial charge in [-0.3, -0.25) is 9.59 Å². The van der Waals surface area contributed by atoms with Crippen LogP contribution in [0.25, 0.3) is 97.0 Å². The van der Waals surface area contributed by atoms with Gasteiger partial charge in [0.25, 0.3) is 0 Å². The van der Waals surface area contributed by atoms with E-state index in [1.807, 2.05) is 18.2 Å². The summed E-state index contributed by atoms with van der Waals surface area (Å²) in [6.45, 7) is 0. The van der Waals surface area contributed by atoms with Gasteiger partial charge in [-0.2, -0.15) is 0 Å². The Morgan fingerprint density at radius 2 is 0.900 bits per heavy atom. The molecule has 10 aromatic rings. The van der Waals surface area contributed by atoms with Crippen LogP contribution in [0.15, 0.2) is 97.1 Å². The Morgan fingerprint density at radius 3 is 1.65 bits per heavy atom. The van der Waals surface area contributed by atoms with E-state index in [9.17, 15) is 9.59 Å². The number of aldehydes is 2. The summed E-state index contributed by atoms with van der Waals surface area (Å²) >= 11 is 0. The quantitative estimate of drug-likeness (QED) is 0.133. The van der Waals surface area contributed by atoms with Crippen molar-refractivity contribution in [3.63, 3.8) is 0 Å². The van der Waals surface area contributed by atoms with E-state index in [1.54, 1.807) is 0 Å². The summed E-state index contributed by atoms with van der Waals surface area (Å²) < 4.78 is 0. The lowest BCUT2D eigenvalue weighted by Gasteiger charge is -2.24. The molecule has 0 aliphatic rings. The molecule has 2 nitrogen and oxygen atoms in total. The second-order valence-corrected chi connectivity index (χ2v) is 11.1. The maximum absolute atomic E-state index is 12.5. The minimum absolute atomic E-state index is 0.705. The van der Waals surface area contributed by atoms with Crippen LogP contribution >= 0.6 is 0 Å². The van der Waals surface area contributed by atoms with Gasteiger partial charge in [0.05, 0.1) is 0 Å². The van der Waals surface area contributed by atoms with Crippen molar-refractivity contribution >= 4 is 110 Å². The first-order valence-corrected chi connectivity index (χ1v) is 13.6. The van der Waals surface area contributed by atoms with Gasteiger partial charge in [-0.1, -0.05) is 91.0 Å². The highest BCUT2D eigenvalue weighted by Crippen LogP contribution is 2.53. The largest absolute Gasteiger partial charge is 0.298 e. The number of benzene rings is 10. The first kappa shape index (κ1) is 20.6. The molecule has 0 saturated heterocycles. The zero-order valence-electron chi connectivity index (χ0n) is 21.2. The Bertz CT molecular complexity index is 2730. The summed E-state index contributed by atoms with van der Waals surface area (Å²) in [5, 5.41) is 20.8. The molecule has 40 heavy (non-hydrogen) atoms. The zero-order valence-corrected chi connectivity index (χ0v) is 21.2. The molecule has 0 saturated carbocycles. The van der Waals surface area contributed by atoms with Crippen molar-refractivity contribution < 1.29 is 9.59 Å². The van der Waals surface area contributed by atoms with Crippen LogP contribution in [0.2, 0.25) is 0 Å². The van der Waals surface area contributed by atoms with E-state index in [1.165, 1.54) is 48.5 Å². The molecule has 0 bridgehead atoms. The van der Waals surface area contributed by atoms with E-state index >= 15 is 0 Å². The third kappa shape index (κ3) is 2.14. The Hall–Kier alpha value is -5.34. The van der Waals surface area contributed by atoms with Gasteiger partial charge < -0.3 is 0 Å². The Balaban J connectivity index is 1.74. The number of carbonyl (C=O) groups is 2. The van der Waals surface area contributed by atoms with Crippen molar-refractivity contribution in [2.45, 2.75) is 0 Å². The van der Waals surface area contributed by atoms with Crippen LogP contribution in [-0.2, 0) is 0 Å². The summed E-state index contributed by atoms with van der Waals surface area (Å²) in [4.78, 5) is 25.0. The molecule has 0 radical (unpaired) electrons. The van der Waals surface area contributed by atoms with Crippen LogP contribution in [0.1, 0.15) is 20.7 Å². The first-order chi connectivity index (χ1) is 19.8. The van der Waals surface area contributed by atoms with Gasteiger partial charge in [0, 0.05) is 16.5 Å². The minimum Gasteiger partial charge on any atom is -0.298 e. The zero-order chi connectivity index (χ0) is 26.3. The molecule has 0 spiro atoms. The van der Waals surface area contributed by atoms with Crippen LogP contribution in [0.5, 0.6) is 0 Å². The molecule has 0 aromatic heterocycles. The summed E-state index contributed by atoms with van der Waals surface area (Å²) in [5.41, 5.74) is 1.42. The van der Waals surface area contributed by atoms with Crippen LogP contribution < -0.4 is 0 Å². The lowest BCUT2D eigenvalue weighted by Crippen LogP contribution is -1.97. The number of rotatable bonds is 2. The fraction of sp³-hybridized carbons (Fsp3) is 0. The van der Waals surface area contributed by atoms with E-state index in [4.69, 9.17) is 0 Å². The van der Waals surface area contributed by atoms with Crippen LogP contribution in [0.3, 0.4) is 0 Å². The Kier molecular flexibility index (Phi) is 3.50. The number of hydrogen-bond donors (Lipinski definition) is 0. The van der Waals surface area contributed by atoms with E-state index in [0.29, 0.717) is 5.56 Å². The fourth-order valence-electron chi connectivity index (χ4n) is 7.94. The predicted molar refractivity (Wildman–Crippen MR) is 168 cm³/mol. The lowest BCUT2D eigenvalue weighted by molar-refractivity contribution is 0.111. The highest BCUT2D eigenvalue weighted by atomic mass is 16.1. The summed E-state index contributed by atoms with van der Waals surface area (Å²) in [6, 6.07) is 34.2. The standard InChI is InChI=1S/C38H18O2/c39-17-22-11-10-21-13-15-28-34-25-6-2-1-5-24(25)23(18-40)16-29(34)35-26-7-3-4-19-8-9-20-12-14-27-31(22)33(21)37(28)38(35)36(27)32(20)30(19)26/h1-18H. The van der Waals surface area contributed by atoms with Crippen LogP contribution in [-0.4, -0.2) is 12.6 Å². The van der Waals surface area contributed by atoms with Crippen molar-refractivity contribution in [1.82, 2.24) is 0 Å². The number of hydrogen-bond acceptors (Lipinski definition) is 2. The topological polar surface area (TPSA) is 34.1 Å². The molecule has 0 heterocycles. The summed E-state index contributed by atoms with van der Waals surface area (Å²) in [6.07, 6.45) is 1.99. The molecule has 10 aromatic carbocycles. The van der Waals surface area contributed by atoms with Crippen molar-refractivity contribution in [3.8, 4) is 0 Å². The number of fused-ring (bicyclic) bond motifs is 7. The average molecular weight is 507 g/mol. The minimum atomic E-state index is 0.705. The predicted octanol–water partition coefficient (Wildman–Crippen LogP) is 10.0. The smallest absolute Gasteiger partial charge is 0.150 e. The number of carbonyl (C=O) groups excluding carboxylic acids is 2. The molecule has 0 fully saturated rings. The Morgan fingerprint density at radius 1 is 0.325 bits per heavy atom. The monoisotopic (exact) mass is 506 g/mol. The maximum Gasteiger partial charge on any atom is 0.150 e. The van der Waals surface area contributed by atoms with Gasteiger partial charge in [-0.05, 0) is 97.6 Å². The van der Waals surface area contributed by atoms with Gasteiger partial charge in [-0.15, -0.1) is 0 Å². The van der Waals surface area contributed by atoms with Crippen LogP contribution in [0, 0.1) is 0 Å². The second kappa shape index (κ2) is 6.80. The first-order valence-electron chi connectivity index (χ1n) is 13.6. The van der Waals surface area contributed by atoms with Gasteiger partial charge in [-0.25, -0.2) is 0 Å². The van der Waals surface area contributed by atoms with Crippen LogP contribution in [0.4, 0.5) is 0 Å². The maximum atomic E-state index is 12.5. The average Bonchev–Trinajstić information content (AvgIpc) is 3.02. The third-order valence-electron chi connectivity index (χ3n) is 9.40. The van der Waals surface area contributed by atoms with E-state index in [2.05, 4.69) is 78.9 Å². The van der Waals surface area contributed by atoms with E-state index in [-0.39, 0.29) is 0 Å². The second-order valence-electron chi connectivity index (χ2n) is 11.1. The molecule has 0 aliphatic carbocycles. The summed E-state index contributed by atoms with van der Waals surface area (Å²) in [5.74, 6) is 0. The molecule has 0 atom stereocenters. The van der Waals surface area contributed by atoms with Crippen molar-refractivity contribution in [2.24, 2.45) is 0 Å². The molecular weight excluding hydrogens is 488 g/mol. The van der Waals surface area contributed by atoms with Gasteiger partial charge in [0.15, 0.2) is 12.6 Å². The molecule has 182 valence electrons. The molecule has 0 unspecified atom stereocenters. The Labute approximate surface area is 227 Å². The van der Waals surface area contributed by atoms with E-state index in [0.717, 1.165) is 66.6 Å². The van der Waals surface area contributed by atoms with Crippen molar-refractivity contribution in [2.75, 3.05) is 0 Å². The van der Waals surface area contributed by atoms with Gasteiger partial charge in [0.2, 0.25) is 0 Å². The van der Waals surface area contributed by atoms with Crippen molar-refractivity contribution in [1.29, 1.82) is 0 Å². The fourth-order valence-corrected chi connectivity index (χ4v) is 7.94. The highest BCUT2D eigenvalue weighted by molar-refractivity contribution is 6.52. The third-order valence-corrected chi connectivity index (χ3v) is 9.40. The summed E-state index contributed by atoms with van der Waals surface area (Å²) in [7, 11) is 0. The van der Waals surface area contributed by atoms with Gasteiger partial charge >= 0.3 is 0 Å². The highest BCUT2D eigenvalue weighted by Gasteiger charge is 2.26. The molecule has 0 amide bonds.